The number of nitrogens with zero attached hydrogens (tertiary/aromatic N) is 4. The van der Waals surface area contributed by atoms with E-state index in [4.69, 9.17) is 16.3 Å². The smallest absolute Gasteiger partial charge is 0.342 e. The van der Waals surface area contributed by atoms with Crippen LogP contribution in [0.3, 0.4) is 0 Å². The highest BCUT2D eigenvalue weighted by atomic mass is 35.5. The first kappa shape index (κ1) is 13.8. The summed E-state index contributed by atoms with van der Waals surface area (Å²) in [4.78, 5) is 8.32. The van der Waals surface area contributed by atoms with Gasteiger partial charge in [0.2, 0.25) is 5.88 Å². The maximum atomic E-state index is 6.09. The molecule has 0 saturated carbocycles. The highest BCUT2D eigenvalue weighted by Gasteiger charge is 2.08. The van der Waals surface area contributed by atoms with Crippen molar-refractivity contribution in [1.82, 2.24) is 25.1 Å². The van der Waals surface area contributed by atoms with Gasteiger partial charge in [0.25, 0.3) is 0 Å². The minimum atomic E-state index is 0.264. The zero-order chi connectivity index (χ0) is 13.8. The monoisotopic (exact) mass is 281 g/mol. The molecule has 0 unspecified atom stereocenters. The highest BCUT2D eigenvalue weighted by Crippen LogP contribution is 2.20. The number of nitrogens with one attached hydrogen (secondary N) is 1. The summed E-state index contributed by atoms with van der Waals surface area (Å²) in [6, 6.07) is 4.07. The third-order valence-corrected chi connectivity index (χ3v) is 2.69. The zero-order valence-corrected chi connectivity index (χ0v) is 11.8. The third kappa shape index (κ3) is 3.90. The van der Waals surface area contributed by atoms with Crippen LogP contribution >= 0.6 is 11.6 Å². The van der Waals surface area contributed by atoms with E-state index in [1.807, 2.05) is 0 Å². The molecule has 0 aliphatic rings. The van der Waals surface area contributed by atoms with E-state index in [1.54, 1.807) is 30.2 Å². The van der Waals surface area contributed by atoms with Crippen molar-refractivity contribution in [2.45, 2.75) is 26.4 Å². The van der Waals surface area contributed by atoms with Crippen LogP contribution < -0.4 is 10.1 Å². The van der Waals surface area contributed by atoms with Gasteiger partial charge in [0, 0.05) is 25.7 Å². The summed E-state index contributed by atoms with van der Waals surface area (Å²) < 4.78 is 7.02. The number of rotatable bonds is 5. The van der Waals surface area contributed by atoms with Crippen LogP contribution in [0, 0.1) is 0 Å². The molecule has 0 amide bonds. The minimum Gasteiger partial charge on any atom is -0.404 e. The molecule has 2 heterocycles. The number of pyridine rings is 1. The number of aromatic nitrogens is 4. The largest absolute Gasteiger partial charge is 0.404 e. The Kier molecular flexibility index (Phi) is 4.34. The van der Waals surface area contributed by atoms with Gasteiger partial charge < -0.3 is 10.1 Å². The van der Waals surface area contributed by atoms with Crippen molar-refractivity contribution in [3.8, 4) is 11.9 Å². The summed E-state index contributed by atoms with van der Waals surface area (Å²) in [5, 5.41) is 7.89. The van der Waals surface area contributed by atoms with Crippen LogP contribution in [0.15, 0.2) is 18.5 Å². The topological polar surface area (TPSA) is 64.9 Å². The number of hydrogen-bond donors (Lipinski definition) is 1. The van der Waals surface area contributed by atoms with E-state index in [2.05, 4.69) is 34.2 Å². The van der Waals surface area contributed by atoms with Crippen molar-refractivity contribution in [1.29, 1.82) is 0 Å². The molecule has 0 aliphatic carbocycles. The van der Waals surface area contributed by atoms with E-state index in [-0.39, 0.29) is 6.01 Å². The van der Waals surface area contributed by atoms with Crippen molar-refractivity contribution in [2.75, 3.05) is 0 Å². The first-order valence-electron chi connectivity index (χ1n) is 5.97. The van der Waals surface area contributed by atoms with Crippen LogP contribution in [0.5, 0.6) is 11.9 Å². The van der Waals surface area contributed by atoms with Crippen LogP contribution in [0.1, 0.15) is 19.5 Å². The lowest BCUT2D eigenvalue weighted by Gasteiger charge is -2.09. The van der Waals surface area contributed by atoms with Crippen LogP contribution in [0.25, 0.3) is 0 Å². The highest BCUT2D eigenvalue weighted by molar-refractivity contribution is 6.31. The summed E-state index contributed by atoms with van der Waals surface area (Å²) in [7, 11) is 1.77. The fraction of sp³-hybridized carbons (Fsp3) is 0.417. The van der Waals surface area contributed by atoms with Crippen LogP contribution in [-0.4, -0.2) is 25.8 Å². The van der Waals surface area contributed by atoms with Gasteiger partial charge in [0.1, 0.15) is 6.33 Å². The molecule has 6 nitrogen and oxygen atoms in total. The second-order valence-electron chi connectivity index (χ2n) is 4.42. The quantitative estimate of drug-likeness (QED) is 0.910. The molecule has 1 N–H and O–H groups in total. The van der Waals surface area contributed by atoms with Crippen LogP contribution in [-0.2, 0) is 13.6 Å². The SMILES string of the molecule is CC(C)NCc1nc(Oc2ncn(C)n2)ccc1Cl. The van der Waals surface area contributed by atoms with Gasteiger partial charge in [0.05, 0.1) is 10.7 Å². The summed E-state index contributed by atoms with van der Waals surface area (Å²) in [6.45, 7) is 4.71. The number of hydrogen-bond acceptors (Lipinski definition) is 5. The molecule has 0 saturated heterocycles. The molecule has 19 heavy (non-hydrogen) atoms. The van der Waals surface area contributed by atoms with E-state index in [0.717, 1.165) is 5.69 Å². The molecule has 102 valence electrons. The molecular formula is C12H16ClN5O. The molecule has 2 aromatic heterocycles. The van der Waals surface area contributed by atoms with Crippen molar-refractivity contribution in [2.24, 2.45) is 7.05 Å². The van der Waals surface area contributed by atoms with Gasteiger partial charge in [-0.15, -0.1) is 5.10 Å². The first-order valence-corrected chi connectivity index (χ1v) is 6.34. The van der Waals surface area contributed by atoms with Gasteiger partial charge in [-0.1, -0.05) is 25.4 Å². The average Bonchev–Trinajstić information content (AvgIpc) is 2.75. The summed E-state index contributed by atoms with van der Waals surface area (Å²) in [6.07, 6.45) is 1.56. The van der Waals surface area contributed by atoms with Gasteiger partial charge >= 0.3 is 6.01 Å². The van der Waals surface area contributed by atoms with Crippen molar-refractivity contribution in [3.63, 3.8) is 0 Å². The molecule has 7 heteroatoms. The van der Waals surface area contributed by atoms with Crippen LogP contribution in [0.2, 0.25) is 5.02 Å². The number of ether oxygens (including phenoxy) is 1. The number of halogens is 1. The Morgan fingerprint density at radius 1 is 1.42 bits per heavy atom. The Morgan fingerprint density at radius 3 is 2.84 bits per heavy atom. The Balaban J connectivity index is 2.11. The first-order chi connectivity index (χ1) is 9.04. The summed E-state index contributed by atoms with van der Waals surface area (Å²) >= 11 is 6.09. The second kappa shape index (κ2) is 5.99. The number of aryl methyl sites for hydroxylation is 1. The summed E-state index contributed by atoms with van der Waals surface area (Å²) in [5.74, 6) is 0.427. The molecular weight excluding hydrogens is 266 g/mol. The van der Waals surface area contributed by atoms with Crippen LogP contribution in [0.4, 0.5) is 0 Å². The molecule has 2 aromatic rings. The molecule has 0 aromatic carbocycles. The molecule has 0 fully saturated rings. The molecule has 2 rings (SSSR count). The zero-order valence-electron chi connectivity index (χ0n) is 11.1. The predicted octanol–water partition coefficient (Wildman–Crippen LogP) is 2.15. The Bertz CT molecular complexity index is 555. The Hall–Kier alpha value is -1.66. The lowest BCUT2D eigenvalue weighted by atomic mass is 10.3. The van der Waals surface area contributed by atoms with Gasteiger partial charge in [-0.2, -0.15) is 4.98 Å². The van der Waals surface area contributed by atoms with Gasteiger partial charge in [0.15, 0.2) is 0 Å². The minimum absolute atomic E-state index is 0.264. The predicted molar refractivity (Wildman–Crippen MR) is 72.3 cm³/mol. The van der Waals surface area contributed by atoms with Gasteiger partial charge in [-0.05, 0) is 6.07 Å². The van der Waals surface area contributed by atoms with E-state index < -0.39 is 0 Å². The lowest BCUT2D eigenvalue weighted by Crippen LogP contribution is -2.22. The molecule has 0 atom stereocenters. The van der Waals surface area contributed by atoms with Crippen molar-refractivity contribution >= 4 is 11.6 Å². The van der Waals surface area contributed by atoms with Gasteiger partial charge in [-0.3, -0.25) is 4.68 Å². The van der Waals surface area contributed by atoms with E-state index in [9.17, 15) is 0 Å². The molecule has 0 spiro atoms. The van der Waals surface area contributed by atoms with Crippen molar-refractivity contribution < 1.29 is 4.74 Å². The summed E-state index contributed by atoms with van der Waals surface area (Å²) in [5.41, 5.74) is 0.740. The van der Waals surface area contributed by atoms with E-state index in [1.165, 1.54) is 0 Å². The fourth-order valence-electron chi connectivity index (χ4n) is 1.41. The molecule has 0 bridgehead atoms. The molecule has 0 aliphatic heterocycles. The van der Waals surface area contributed by atoms with E-state index in [0.29, 0.717) is 23.5 Å². The second-order valence-corrected chi connectivity index (χ2v) is 4.82. The fourth-order valence-corrected chi connectivity index (χ4v) is 1.58. The standard InChI is InChI=1S/C12H16ClN5O/c1-8(2)14-6-10-9(13)4-5-11(16-10)19-12-15-7-18(3)17-12/h4-5,7-8,14H,6H2,1-3H3. The normalized spacial score (nSPS) is 11.0. The van der Waals surface area contributed by atoms with Crippen molar-refractivity contribution in [3.05, 3.63) is 29.2 Å². The Morgan fingerprint density at radius 2 is 2.21 bits per heavy atom. The van der Waals surface area contributed by atoms with Gasteiger partial charge in [-0.25, -0.2) is 4.98 Å². The van der Waals surface area contributed by atoms with E-state index >= 15 is 0 Å². The maximum Gasteiger partial charge on any atom is 0.342 e. The molecule has 0 radical (unpaired) electrons. The lowest BCUT2D eigenvalue weighted by molar-refractivity contribution is 0.419. The third-order valence-electron chi connectivity index (χ3n) is 2.35. The average molecular weight is 282 g/mol. The maximum absolute atomic E-state index is 6.09. The Labute approximate surface area is 116 Å².